The Morgan fingerprint density at radius 2 is 2.40 bits per heavy atom. The molecule has 0 amide bonds. The fraction of sp³-hybridized carbons (Fsp3) is 0.625. The zero-order valence-corrected chi connectivity index (χ0v) is 6.00. The fourth-order valence-corrected chi connectivity index (χ4v) is 1.85. The number of ketones is 1. The summed E-state index contributed by atoms with van der Waals surface area (Å²) >= 11 is 0. The van der Waals surface area contributed by atoms with Gasteiger partial charge < -0.3 is 5.32 Å². The number of carbonyl (C=O) groups is 1. The van der Waals surface area contributed by atoms with Gasteiger partial charge in [-0.1, -0.05) is 12.2 Å². The highest BCUT2D eigenvalue weighted by molar-refractivity contribution is 5.80. The van der Waals surface area contributed by atoms with Crippen molar-refractivity contribution < 1.29 is 4.79 Å². The lowest BCUT2D eigenvalue weighted by molar-refractivity contribution is -0.120. The molecule has 0 aliphatic carbocycles. The maximum absolute atomic E-state index is 11.0. The van der Waals surface area contributed by atoms with Gasteiger partial charge in [-0.15, -0.1) is 0 Å². The van der Waals surface area contributed by atoms with Gasteiger partial charge in [-0.3, -0.25) is 4.79 Å². The van der Waals surface area contributed by atoms with Gasteiger partial charge in [0.15, 0.2) is 0 Å². The second-order valence-corrected chi connectivity index (χ2v) is 3.14. The fourth-order valence-electron chi connectivity index (χ4n) is 1.85. The van der Waals surface area contributed by atoms with Gasteiger partial charge in [-0.25, -0.2) is 0 Å². The standard InChI is InChI=1S/C8H11NO/c1-5(10)7-4-6-2-3-8(7)9-6/h2-3,6-9H,4H2,1H3/t6-,7-,8+/m0/s1. The Balaban J connectivity index is 2.16. The number of carbonyl (C=O) groups excluding carboxylic acids is 1. The molecule has 0 aromatic rings. The topological polar surface area (TPSA) is 29.1 Å². The minimum Gasteiger partial charge on any atom is -0.304 e. The zero-order chi connectivity index (χ0) is 7.14. The second-order valence-electron chi connectivity index (χ2n) is 3.14. The highest BCUT2D eigenvalue weighted by Gasteiger charge is 2.37. The highest BCUT2D eigenvalue weighted by atomic mass is 16.1. The Morgan fingerprint density at radius 1 is 1.60 bits per heavy atom. The molecule has 2 aliphatic rings. The van der Waals surface area contributed by atoms with Crippen LogP contribution >= 0.6 is 0 Å². The van der Waals surface area contributed by atoms with Gasteiger partial charge in [0.2, 0.25) is 0 Å². The third kappa shape index (κ3) is 0.721. The summed E-state index contributed by atoms with van der Waals surface area (Å²) in [4.78, 5) is 11.0. The summed E-state index contributed by atoms with van der Waals surface area (Å²) in [7, 11) is 0. The lowest BCUT2D eigenvalue weighted by atomic mass is 9.91. The lowest BCUT2D eigenvalue weighted by Gasteiger charge is -2.11. The minimum absolute atomic E-state index is 0.259. The van der Waals surface area contributed by atoms with Gasteiger partial charge in [-0.05, 0) is 13.3 Å². The molecule has 1 fully saturated rings. The Morgan fingerprint density at radius 3 is 2.70 bits per heavy atom. The molecule has 1 N–H and O–H groups in total. The van der Waals surface area contributed by atoms with Gasteiger partial charge in [-0.2, -0.15) is 0 Å². The van der Waals surface area contributed by atoms with E-state index in [1.807, 2.05) is 0 Å². The van der Waals surface area contributed by atoms with Crippen molar-refractivity contribution in [3.63, 3.8) is 0 Å². The summed E-state index contributed by atoms with van der Waals surface area (Å²) in [6.07, 6.45) is 5.28. The van der Waals surface area contributed by atoms with Crippen molar-refractivity contribution in [2.24, 2.45) is 5.92 Å². The van der Waals surface area contributed by atoms with Crippen LogP contribution in [0.4, 0.5) is 0 Å². The van der Waals surface area contributed by atoms with Gasteiger partial charge in [0, 0.05) is 18.0 Å². The van der Waals surface area contributed by atoms with E-state index < -0.39 is 0 Å². The van der Waals surface area contributed by atoms with Crippen molar-refractivity contribution >= 4 is 5.78 Å². The third-order valence-corrected chi connectivity index (χ3v) is 2.42. The molecule has 2 bridgehead atoms. The molecule has 2 heteroatoms. The number of Topliss-reactive ketones (excluding diaryl/α,β-unsaturated/α-hetero) is 1. The Kier molecular flexibility index (Phi) is 1.17. The first-order chi connectivity index (χ1) is 4.77. The van der Waals surface area contributed by atoms with Crippen molar-refractivity contribution in [3.05, 3.63) is 12.2 Å². The van der Waals surface area contributed by atoms with Gasteiger partial charge in [0.25, 0.3) is 0 Å². The molecular weight excluding hydrogens is 126 g/mol. The number of rotatable bonds is 1. The van der Waals surface area contributed by atoms with E-state index in [4.69, 9.17) is 0 Å². The van der Waals surface area contributed by atoms with Crippen molar-refractivity contribution in [3.8, 4) is 0 Å². The summed E-state index contributed by atoms with van der Waals surface area (Å²) in [5.41, 5.74) is 0. The van der Waals surface area contributed by atoms with Crippen LogP contribution in [0.15, 0.2) is 12.2 Å². The molecule has 2 rings (SSSR count). The molecule has 0 spiro atoms. The number of nitrogens with one attached hydrogen (secondary N) is 1. The second kappa shape index (κ2) is 1.92. The maximum Gasteiger partial charge on any atom is 0.134 e. The first-order valence-electron chi connectivity index (χ1n) is 3.72. The molecule has 0 aromatic heterocycles. The van der Waals surface area contributed by atoms with Crippen molar-refractivity contribution in [2.45, 2.75) is 25.4 Å². The van der Waals surface area contributed by atoms with Crippen LogP contribution in [-0.4, -0.2) is 17.9 Å². The van der Waals surface area contributed by atoms with Crippen LogP contribution in [0.2, 0.25) is 0 Å². The Hall–Kier alpha value is -0.630. The Labute approximate surface area is 60.3 Å². The molecule has 0 saturated carbocycles. The number of fused-ring (bicyclic) bond motifs is 2. The van der Waals surface area contributed by atoms with Crippen molar-refractivity contribution in [1.82, 2.24) is 5.32 Å². The van der Waals surface area contributed by atoms with Crippen molar-refractivity contribution in [1.29, 1.82) is 0 Å². The molecule has 10 heavy (non-hydrogen) atoms. The quantitative estimate of drug-likeness (QED) is 0.533. The summed E-state index contributed by atoms with van der Waals surface area (Å²) in [5.74, 6) is 0.583. The maximum atomic E-state index is 11.0. The lowest BCUT2D eigenvalue weighted by Crippen LogP contribution is -2.26. The van der Waals surface area contributed by atoms with E-state index in [0.29, 0.717) is 17.9 Å². The van der Waals surface area contributed by atoms with Crippen molar-refractivity contribution in [2.75, 3.05) is 0 Å². The van der Waals surface area contributed by atoms with Crippen LogP contribution in [0.5, 0.6) is 0 Å². The average Bonchev–Trinajstić information content (AvgIpc) is 2.44. The monoisotopic (exact) mass is 137 g/mol. The smallest absolute Gasteiger partial charge is 0.134 e. The summed E-state index contributed by atoms with van der Waals surface area (Å²) < 4.78 is 0. The first kappa shape index (κ1) is 6.10. The molecule has 0 unspecified atom stereocenters. The van der Waals surface area contributed by atoms with Crippen LogP contribution < -0.4 is 5.32 Å². The molecular formula is C8H11NO. The van der Waals surface area contributed by atoms with Crippen LogP contribution in [0.3, 0.4) is 0 Å². The molecule has 0 aromatic carbocycles. The van der Waals surface area contributed by atoms with E-state index in [9.17, 15) is 4.79 Å². The van der Waals surface area contributed by atoms with Crippen LogP contribution in [0.25, 0.3) is 0 Å². The predicted molar refractivity (Wildman–Crippen MR) is 38.6 cm³/mol. The van der Waals surface area contributed by atoms with E-state index in [-0.39, 0.29) is 5.92 Å². The molecule has 2 nitrogen and oxygen atoms in total. The van der Waals surface area contributed by atoms with E-state index in [2.05, 4.69) is 17.5 Å². The van der Waals surface area contributed by atoms with E-state index in [0.717, 1.165) is 6.42 Å². The predicted octanol–water partition coefficient (Wildman–Crippen LogP) is 0.492. The molecule has 2 aliphatic heterocycles. The SMILES string of the molecule is CC(=O)[C@@H]1C[C@@H]2C=C[C@H]1N2. The molecule has 54 valence electrons. The highest BCUT2D eigenvalue weighted by Crippen LogP contribution is 2.27. The van der Waals surface area contributed by atoms with Gasteiger partial charge >= 0.3 is 0 Å². The van der Waals surface area contributed by atoms with E-state index in [1.165, 1.54) is 0 Å². The first-order valence-corrected chi connectivity index (χ1v) is 3.72. The molecule has 0 radical (unpaired) electrons. The molecule has 1 saturated heterocycles. The molecule has 3 atom stereocenters. The van der Waals surface area contributed by atoms with E-state index in [1.54, 1.807) is 6.92 Å². The third-order valence-electron chi connectivity index (χ3n) is 2.42. The van der Waals surface area contributed by atoms with Gasteiger partial charge in [0.05, 0.1) is 0 Å². The average molecular weight is 137 g/mol. The summed E-state index contributed by atoms with van der Waals surface area (Å²) in [5, 5.41) is 3.33. The summed E-state index contributed by atoms with van der Waals surface area (Å²) in [6, 6.07) is 0.835. The normalized spacial score (nSPS) is 42.7. The summed E-state index contributed by atoms with van der Waals surface area (Å²) in [6.45, 7) is 1.68. The number of hydrogen-bond acceptors (Lipinski definition) is 2. The largest absolute Gasteiger partial charge is 0.304 e. The van der Waals surface area contributed by atoms with E-state index >= 15 is 0 Å². The van der Waals surface area contributed by atoms with Gasteiger partial charge in [0.1, 0.15) is 5.78 Å². The number of hydrogen-bond donors (Lipinski definition) is 1. The Bertz CT molecular complexity index is 197. The van der Waals surface area contributed by atoms with Crippen LogP contribution in [0.1, 0.15) is 13.3 Å². The van der Waals surface area contributed by atoms with Crippen LogP contribution in [-0.2, 0) is 4.79 Å². The van der Waals surface area contributed by atoms with Crippen LogP contribution in [0, 0.1) is 5.92 Å². The zero-order valence-electron chi connectivity index (χ0n) is 6.00. The molecule has 2 heterocycles. The minimum atomic E-state index is 0.259.